The van der Waals surface area contributed by atoms with Crippen molar-refractivity contribution in [2.24, 2.45) is 0 Å². The van der Waals surface area contributed by atoms with Crippen LogP contribution in [0.3, 0.4) is 0 Å². The Labute approximate surface area is 90.5 Å². The van der Waals surface area contributed by atoms with E-state index < -0.39 is 24.0 Å². The number of aliphatic hydroxyl groups excluding tert-OH is 2. The van der Waals surface area contributed by atoms with Gasteiger partial charge in [-0.2, -0.15) is 0 Å². The van der Waals surface area contributed by atoms with Crippen LogP contribution in [0.2, 0.25) is 0 Å². The van der Waals surface area contributed by atoms with E-state index in [4.69, 9.17) is 5.73 Å². The maximum Gasteiger partial charge on any atom is 0.337 e. The summed E-state index contributed by atoms with van der Waals surface area (Å²) in [5.41, 5.74) is 5.20. The fraction of sp³-hybridized carbons (Fsp3) is 0.333. The molecule has 0 aromatic carbocycles. The van der Waals surface area contributed by atoms with Gasteiger partial charge in [-0.25, -0.2) is 14.2 Å². The number of nitrogens with two attached hydrogens (primary N) is 1. The lowest BCUT2D eigenvalue weighted by Crippen LogP contribution is -2.29. The number of nitrogen functional groups attached to an aromatic ring is 1. The van der Waals surface area contributed by atoms with Gasteiger partial charge >= 0.3 is 5.97 Å². The summed E-state index contributed by atoms with van der Waals surface area (Å²) >= 11 is 0. The molecule has 0 saturated carbocycles. The number of hydrogen-bond acceptors (Lipinski definition) is 6. The molecule has 1 aromatic heterocycles. The molecule has 7 heteroatoms. The van der Waals surface area contributed by atoms with Crippen molar-refractivity contribution in [3.05, 3.63) is 23.6 Å². The van der Waals surface area contributed by atoms with Crippen LogP contribution in [0.5, 0.6) is 0 Å². The second-order valence-electron chi connectivity index (χ2n) is 3.04. The molecule has 0 amide bonds. The fourth-order valence-electron chi connectivity index (χ4n) is 1.12. The minimum atomic E-state index is -1.84. The van der Waals surface area contributed by atoms with Gasteiger partial charge in [0.15, 0.2) is 6.10 Å². The number of aromatic nitrogens is 1. The van der Waals surface area contributed by atoms with Crippen LogP contribution in [0.25, 0.3) is 0 Å². The number of nitrogens with zero attached hydrogens (tertiary/aromatic N) is 1. The van der Waals surface area contributed by atoms with E-state index in [1.165, 1.54) is 0 Å². The van der Waals surface area contributed by atoms with E-state index >= 15 is 0 Å². The standard InChI is InChI=1S/C9H11FN2O4/c1-16-9(15)7(14)6(13)5-2-4(10)3-12-8(5)11/h2-3,6-7,13-14H,1H3,(H2,11,12). The summed E-state index contributed by atoms with van der Waals surface area (Å²) in [5.74, 6) is -1.95. The lowest BCUT2D eigenvalue weighted by atomic mass is 10.1. The Balaban J connectivity index is 2.99. The molecule has 2 unspecified atom stereocenters. The van der Waals surface area contributed by atoms with Crippen molar-refractivity contribution < 1.29 is 24.1 Å². The number of rotatable bonds is 3. The van der Waals surface area contributed by atoms with Gasteiger partial charge in [0.05, 0.1) is 13.3 Å². The summed E-state index contributed by atoms with van der Waals surface area (Å²) < 4.78 is 17.0. The van der Waals surface area contributed by atoms with E-state index in [0.29, 0.717) is 0 Å². The zero-order chi connectivity index (χ0) is 12.3. The molecule has 16 heavy (non-hydrogen) atoms. The molecule has 0 aliphatic heterocycles. The number of halogens is 1. The minimum absolute atomic E-state index is 0.169. The zero-order valence-electron chi connectivity index (χ0n) is 8.42. The quantitative estimate of drug-likeness (QED) is 0.597. The van der Waals surface area contributed by atoms with Gasteiger partial charge in [0, 0.05) is 5.56 Å². The average Bonchev–Trinajstić information content (AvgIpc) is 2.29. The van der Waals surface area contributed by atoms with Gasteiger partial charge in [-0.15, -0.1) is 0 Å². The average molecular weight is 230 g/mol. The highest BCUT2D eigenvalue weighted by molar-refractivity contribution is 5.75. The largest absolute Gasteiger partial charge is 0.467 e. The first-order valence-electron chi connectivity index (χ1n) is 4.32. The highest BCUT2D eigenvalue weighted by Crippen LogP contribution is 2.22. The molecule has 0 fully saturated rings. The second-order valence-corrected chi connectivity index (χ2v) is 3.04. The van der Waals surface area contributed by atoms with Crippen molar-refractivity contribution in [3.63, 3.8) is 0 Å². The Morgan fingerprint density at radius 2 is 2.25 bits per heavy atom. The van der Waals surface area contributed by atoms with Gasteiger partial charge in [0.25, 0.3) is 0 Å². The molecule has 6 nitrogen and oxygen atoms in total. The number of anilines is 1. The lowest BCUT2D eigenvalue weighted by molar-refractivity contribution is -0.156. The first kappa shape index (κ1) is 12.3. The Hall–Kier alpha value is -1.73. The highest BCUT2D eigenvalue weighted by Gasteiger charge is 2.28. The summed E-state index contributed by atoms with van der Waals surface area (Å²) in [4.78, 5) is 14.4. The first-order chi connectivity index (χ1) is 7.47. The third-order valence-electron chi connectivity index (χ3n) is 1.98. The Morgan fingerprint density at radius 3 is 2.81 bits per heavy atom. The number of carbonyl (C=O) groups is 1. The molecule has 0 saturated heterocycles. The molecule has 1 rings (SSSR count). The maximum atomic E-state index is 12.8. The van der Waals surface area contributed by atoms with E-state index in [-0.39, 0.29) is 11.4 Å². The smallest absolute Gasteiger partial charge is 0.337 e. The molecule has 4 N–H and O–H groups in total. The van der Waals surface area contributed by atoms with Crippen LogP contribution < -0.4 is 5.73 Å². The fourth-order valence-corrected chi connectivity index (χ4v) is 1.12. The number of methoxy groups -OCH3 is 1. The topological polar surface area (TPSA) is 106 Å². The van der Waals surface area contributed by atoms with Crippen molar-refractivity contribution in [2.75, 3.05) is 12.8 Å². The Kier molecular flexibility index (Phi) is 3.75. The van der Waals surface area contributed by atoms with Crippen molar-refractivity contribution in [1.82, 2.24) is 4.98 Å². The van der Waals surface area contributed by atoms with Crippen LogP contribution in [-0.2, 0) is 9.53 Å². The molecule has 0 radical (unpaired) electrons. The predicted octanol–water partition coefficient (Wildman–Crippen LogP) is -0.630. The molecule has 0 spiro atoms. The Morgan fingerprint density at radius 1 is 1.62 bits per heavy atom. The number of ether oxygens (including phenoxy) is 1. The van der Waals surface area contributed by atoms with Crippen molar-refractivity contribution in [1.29, 1.82) is 0 Å². The molecular formula is C9H11FN2O4. The van der Waals surface area contributed by atoms with Crippen LogP contribution in [0.1, 0.15) is 11.7 Å². The molecule has 0 aliphatic rings. The minimum Gasteiger partial charge on any atom is -0.467 e. The maximum absolute atomic E-state index is 12.8. The van der Waals surface area contributed by atoms with E-state index in [1.54, 1.807) is 0 Å². The SMILES string of the molecule is COC(=O)C(O)C(O)c1cc(F)cnc1N. The Bertz CT molecular complexity index is 399. The van der Waals surface area contributed by atoms with Gasteiger partial charge in [-0.05, 0) is 6.07 Å². The highest BCUT2D eigenvalue weighted by atomic mass is 19.1. The molecular weight excluding hydrogens is 219 g/mol. The van der Waals surface area contributed by atoms with E-state index in [0.717, 1.165) is 19.4 Å². The van der Waals surface area contributed by atoms with Crippen LogP contribution in [0, 0.1) is 5.82 Å². The number of hydrogen-bond donors (Lipinski definition) is 3. The van der Waals surface area contributed by atoms with Crippen molar-refractivity contribution >= 4 is 11.8 Å². The van der Waals surface area contributed by atoms with E-state index in [9.17, 15) is 19.4 Å². The first-order valence-corrected chi connectivity index (χ1v) is 4.32. The molecule has 0 aliphatic carbocycles. The number of esters is 1. The molecule has 1 aromatic rings. The van der Waals surface area contributed by atoms with Crippen molar-refractivity contribution in [3.8, 4) is 0 Å². The second kappa shape index (κ2) is 4.86. The van der Waals surface area contributed by atoms with E-state index in [2.05, 4.69) is 9.72 Å². The summed E-state index contributed by atoms with van der Waals surface area (Å²) in [6, 6.07) is 0.888. The molecule has 88 valence electrons. The van der Waals surface area contributed by atoms with Crippen LogP contribution >= 0.6 is 0 Å². The summed E-state index contributed by atoms with van der Waals surface area (Å²) in [5, 5.41) is 18.9. The van der Waals surface area contributed by atoms with Gasteiger partial charge < -0.3 is 20.7 Å². The monoisotopic (exact) mass is 230 g/mol. The van der Waals surface area contributed by atoms with Gasteiger partial charge in [-0.3, -0.25) is 0 Å². The van der Waals surface area contributed by atoms with Crippen molar-refractivity contribution in [2.45, 2.75) is 12.2 Å². The summed E-state index contributed by atoms with van der Waals surface area (Å²) in [6.45, 7) is 0. The number of pyridine rings is 1. The molecule has 2 atom stereocenters. The van der Waals surface area contributed by atoms with Gasteiger partial charge in [0.2, 0.25) is 0 Å². The third kappa shape index (κ3) is 2.44. The summed E-state index contributed by atoms with van der Waals surface area (Å²) in [7, 11) is 1.05. The van der Waals surface area contributed by atoms with Gasteiger partial charge in [0.1, 0.15) is 17.7 Å². The van der Waals surface area contributed by atoms with Gasteiger partial charge in [-0.1, -0.05) is 0 Å². The normalized spacial score (nSPS) is 14.2. The van der Waals surface area contributed by atoms with E-state index in [1.807, 2.05) is 0 Å². The van der Waals surface area contributed by atoms with Crippen LogP contribution in [-0.4, -0.2) is 34.4 Å². The number of aliphatic hydroxyl groups is 2. The molecule has 1 heterocycles. The third-order valence-corrected chi connectivity index (χ3v) is 1.98. The molecule has 0 bridgehead atoms. The number of carbonyl (C=O) groups excluding carboxylic acids is 1. The lowest BCUT2D eigenvalue weighted by Gasteiger charge is -2.16. The van der Waals surface area contributed by atoms with Crippen LogP contribution in [0.4, 0.5) is 10.2 Å². The summed E-state index contributed by atoms with van der Waals surface area (Å²) in [6.07, 6.45) is -2.66. The zero-order valence-corrected chi connectivity index (χ0v) is 8.42. The van der Waals surface area contributed by atoms with Crippen LogP contribution in [0.15, 0.2) is 12.3 Å². The predicted molar refractivity (Wildman–Crippen MR) is 51.6 cm³/mol.